The summed E-state index contributed by atoms with van der Waals surface area (Å²) < 4.78 is 26.0. The fraction of sp³-hybridized carbons (Fsp3) is 0.100. The highest BCUT2D eigenvalue weighted by Gasteiger charge is 2.08. The van der Waals surface area contributed by atoms with E-state index in [1.54, 1.807) is 0 Å². The van der Waals surface area contributed by atoms with Crippen LogP contribution in [0, 0.1) is 34.8 Å². The van der Waals surface area contributed by atoms with E-state index < -0.39 is 23.8 Å². The number of benzene rings is 1. The molecule has 0 fully saturated rings. The number of halogens is 2. The van der Waals surface area contributed by atoms with Gasteiger partial charge in [0.1, 0.15) is 11.6 Å². The van der Waals surface area contributed by atoms with Crippen LogP contribution in [-0.2, 0) is 6.61 Å². The Balaban J connectivity index is 3.22. The monoisotopic (exact) mass is 193 g/mol. The van der Waals surface area contributed by atoms with Crippen LogP contribution in [0.4, 0.5) is 8.78 Å². The van der Waals surface area contributed by atoms with Gasteiger partial charge in [-0.1, -0.05) is 5.92 Å². The van der Waals surface area contributed by atoms with E-state index in [0.29, 0.717) is 0 Å². The molecule has 70 valence electrons. The maximum absolute atomic E-state index is 13.0. The largest absolute Gasteiger partial charge is 0.391 e. The van der Waals surface area contributed by atoms with E-state index >= 15 is 0 Å². The van der Waals surface area contributed by atoms with E-state index in [1.165, 1.54) is 6.07 Å². The molecule has 1 aromatic carbocycles. The van der Waals surface area contributed by atoms with E-state index in [4.69, 9.17) is 10.4 Å². The van der Waals surface area contributed by atoms with Crippen molar-refractivity contribution < 1.29 is 13.9 Å². The second-order valence-electron chi connectivity index (χ2n) is 2.44. The second kappa shape index (κ2) is 4.36. The van der Waals surface area contributed by atoms with Crippen LogP contribution in [-0.4, -0.2) is 5.11 Å². The maximum Gasteiger partial charge on any atom is 0.152 e. The number of hydrogen-bond donors (Lipinski definition) is 1. The molecule has 0 unspecified atom stereocenters. The summed E-state index contributed by atoms with van der Waals surface area (Å²) in [6.45, 7) is -0.705. The van der Waals surface area contributed by atoms with Crippen molar-refractivity contribution in [3.63, 3.8) is 0 Å². The van der Waals surface area contributed by atoms with E-state index in [-0.39, 0.29) is 5.56 Å². The third-order valence-corrected chi connectivity index (χ3v) is 1.56. The minimum atomic E-state index is -0.866. The molecule has 0 amide bonds. The normalized spacial score (nSPS) is 8.71. The number of rotatable bonds is 1. The van der Waals surface area contributed by atoms with Crippen molar-refractivity contribution in [3.8, 4) is 17.9 Å². The lowest BCUT2D eigenvalue weighted by Crippen LogP contribution is -1.96. The molecule has 0 aliphatic rings. The van der Waals surface area contributed by atoms with Crippen LogP contribution in [0.5, 0.6) is 0 Å². The number of aliphatic hydroxyl groups excluding tert-OH is 1. The van der Waals surface area contributed by atoms with Crippen LogP contribution in [0.15, 0.2) is 12.1 Å². The van der Waals surface area contributed by atoms with Gasteiger partial charge >= 0.3 is 0 Å². The quantitative estimate of drug-likeness (QED) is 0.684. The van der Waals surface area contributed by atoms with Gasteiger partial charge < -0.3 is 5.11 Å². The summed E-state index contributed by atoms with van der Waals surface area (Å²) >= 11 is 0. The molecule has 0 aliphatic carbocycles. The molecule has 1 aromatic rings. The van der Waals surface area contributed by atoms with E-state index in [9.17, 15) is 8.78 Å². The standard InChI is InChI=1S/C10H5F2NO/c11-9-4-7(2-1-3-13)5-10(12)8(9)6-14/h4-5,14H,6H2. The Morgan fingerprint density at radius 2 is 1.86 bits per heavy atom. The molecule has 1 N–H and O–H groups in total. The number of nitriles is 1. The Hall–Kier alpha value is -1.91. The molecule has 1 rings (SSSR count). The first-order chi connectivity index (χ1) is 6.69. The maximum atomic E-state index is 13.0. The molecule has 0 radical (unpaired) electrons. The van der Waals surface area contributed by atoms with Gasteiger partial charge in [-0.25, -0.2) is 8.78 Å². The molecular weight excluding hydrogens is 188 g/mol. The van der Waals surface area contributed by atoms with Gasteiger partial charge in [-0.2, -0.15) is 5.26 Å². The molecular formula is C10H5F2NO. The average molecular weight is 193 g/mol. The van der Waals surface area contributed by atoms with Crippen LogP contribution in [0.1, 0.15) is 11.1 Å². The van der Waals surface area contributed by atoms with Crippen LogP contribution in [0.2, 0.25) is 0 Å². The molecule has 0 saturated heterocycles. The molecule has 4 heteroatoms. The van der Waals surface area contributed by atoms with Gasteiger partial charge in [-0.05, 0) is 12.1 Å². The first-order valence-corrected chi connectivity index (χ1v) is 3.68. The van der Waals surface area contributed by atoms with Crippen molar-refractivity contribution in [1.29, 1.82) is 5.26 Å². The van der Waals surface area contributed by atoms with Gasteiger partial charge in [0.15, 0.2) is 6.07 Å². The first kappa shape index (κ1) is 10.2. The van der Waals surface area contributed by atoms with Crippen molar-refractivity contribution in [3.05, 3.63) is 34.9 Å². The SMILES string of the molecule is N#CC#Cc1cc(F)c(CO)c(F)c1. The molecule has 0 heterocycles. The molecule has 0 spiro atoms. The lowest BCUT2D eigenvalue weighted by molar-refractivity contribution is 0.269. The predicted octanol–water partition coefficient (Wildman–Crippen LogP) is 1.33. The zero-order valence-corrected chi connectivity index (χ0v) is 7.01. The highest BCUT2D eigenvalue weighted by molar-refractivity contribution is 5.40. The lowest BCUT2D eigenvalue weighted by atomic mass is 10.1. The van der Waals surface area contributed by atoms with Gasteiger partial charge in [0.05, 0.1) is 6.61 Å². The zero-order chi connectivity index (χ0) is 10.6. The summed E-state index contributed by atoms with van der Waals surface area (Å²) in [7, 11) is 0. The fourth-order valence-corrected chi connectivity index (χ4v) is 0.926. The van der Waals surface area contributed by atoms with E-state index in [1.807, 2.05) is 5.92 Å². The summed E-state index contributed by atoms with van der Waals surface area (Å²) in [6.07, 6.45) is 0. The average Bonchev–Trinajstić information content (AvgIpc) is 2.14. The third kappa shape index (κ3) is 2.07. The van der Waals surface area contributed by atoms with Gasteiger partial charge in [0, 0.05) is 17.0 Å². The summed E-state index contributed by atoms with van der Waals surface area (Å²) in [5.41, 5.74) is -0.328. The highest BCUT2D eigenvalue weighted by Crippen LogP contribution is 2.14. The third-order valence-electron chi connectivity index (χ3n) is 1.56. The summed E-state index contributed by atoms with van der Waals surface area (Å²) in [5, 5.41) is 16.7. The van der Waals surface area contributed by atoms with Gasteiger partial charge in [-0.3, -0.25) is 0 Å². The van der Waals surface area contributed by atoms with Crippen LogP contribution in [0.3, 0.4) is 0 Å². The van der Waals surface area contributed by atoms with E-state index in [0.717, 1.165) is 12.1 Å². The number of nitrogens with zero attached hydrogens (tertiary/aromatic N) is 1. The highest BCUT2D eigenvalue weighted by atomic mass is 19.1. The zero-order valence-electron chi connectivity index (χ0n) is 7.01. The van der Waals surface area contributed by atoms with Gasteiger partial charge in [-0.15, -0.1) is 0 Å². The number of aliphatic hydroxyl groups is 1. The Kier molecular flexibility index (Phi) is 3.17. The Morgan fingerprint density at radius 1 is 1.29 bits per heavy atom. The first-order valence-electron chi connectivity index (χ1n) is 3.68. The molecule has 0 saturated carbocycles. The van der Waals surface area contributed by atoms with Crippen LogP contribution in [0.25, 0.3) is 0 Å². The second-order valence-corrected chi connectivity index (χ2v) is 2.44. The van der Waals surface area contributed by atoms with Gasteiger partial charge in [0.25, 0.3) is 0 Å². The van der Waals surface area contributed by atoms with E-state index in [2.05, 4.69) is 5.92 Å². The lowest BCUT2D eigenvalue weighted by Gasteiger charge is -2.01. The molecule has 14 heavy (non-hydrogen) atoms. The number of hydrogen-bond acceptors (Lipinski definition) is 2. The van der Waals surface area contributed by atoms with Crippen molar-refractivity contribution in [2.75, 3.05) is 0 Å². The Morgan fingerprint density at radius 3 is 2.29 bits per heavy atom. The smallest absolute Gasteiger partial charge is 0.152 e. The molecule has 2 nitrogen and oxygen atoms in total. The molecule has 0 bridgehead atoms. The minimum absolute atomic E-state index is 0.0683. The topological polar surface area (TPSA) is 44.0 Å². The summed E-state index contributed by atoms with van der Waals surface area (Å²) in [6, 6.07) is 3.47. The minimum Gasteiger partial charge on any atom is -0.391 e. The summed E-state index contributed by atoms with van der Waals surface area (Å²) in [5.74, 6) is 2.54. The molecule has 0 aliphatic heterocycles. The van der Waals surface area contributed by atoms with Crippen molar-refractivity contribution >= 4 is 0 Å². The molecule has 0 aromatic heterocycles. The van der Waals surface area contributed by atoms with Crippen LogP contribution < -0.4 is 0 Å². The molecule has 0 atom stereocenters. The van der Waals surface area contributed by atoms with Crippen molar-refractivity contribution in [1.82, 2.24) is 0 Å². The Bertz CT molecular complexity index is 428. The predicted molar refractivity (Wildman–Crippen MR) is 44.8 cm³/mol. The van der Waals surface area contributed by atoms with Gasteiger partial charge in [0.2, 0.25) is 0 Å². The Labute approximate surface area is 79.4 Å². The van der Waals surface area contributed by atoms with Crippen molar-refractivity contribution in [2.45, 2.75) is 6.61 Å². The fourth-order valence-electron chi connectivity index (χ4n) is 0.926. The summed E-state index contributed by atoms with van der Waals surface area (Å²) in [4.78, 5) is 0. The van der Waals surface area contributed by atoms with Crippen LogP contribution >= 0.6 is 0 Å². The van der Waals surface area contributed by atoms with Crippen molar-refractivity contribution in [2.24, 2.45) is 0 Å².